The van der Waals surface area contributed by atoms with Crippen molar-refractivity contribution < 1.29 is 44.6 Å². The molecule has 1 fully saturated rings. The second-order valence-electron chi connectivity index (χ2n) is 5.81. The van der Waals surface area contributed by atoms with Crippen LogP contribution in [-0.4, -0.2) is 75.1 Å². The smallest absolute Gasteiger partial charge is 0.342 e. The average molecular weight is 356 g/mol. The Labute approximate surface area is 143 Å². The first-order valence-corrected chi connectivity index (χ1v) is 7.51. The van der Waals surface area contributed by atoms with E-state index in [1.165, 1.54) is 24.3 Å². The third-order valence-electron chi connectivity index (χ3n) is 4.32. The molecule has 138 valence electrons. The highest BCUT2D eigenvalue weighted by molar-refractivity contribution is 5.86. The number of carbonyl (C=O) groups excluding carboxylic acids is 2. The van der Waals surface area contributed by atoms with Crippen LogP contribution < -0.4 is 0 Å². The summed E-state index contributed by atoms with van der Waals surface area (Å²) >= 11 is 0. The molecule has 0 radical (unpaired) electrons. The molecule has 0 amide bonds. The molecule has 0 saturated carbocycles. The fraction of sp³-hybridized carbons (Fsp3) is 0.500. The highest BCUT2D eigenvalue weighted by Crippen LogP contribution is 2.42. The van der Waals surface area contributed by atoms with Gasteiger partial charge in [0.15, 0.2) is 11.7 Å². The van der Waals surface area contributed by atoms with Gasteiger partial charge in [-0.1, -0.05) is 12.1 Å². The number of hydrogen-bond acceptors (Lipinski definition) is 9. The minimum atomic E-state index is -2.55. The molecule has 0 spiro atoms. The fourth-order valence-corrected chi connectivity index (χ4v) is 2.88. The SMILES string of the molecule is COC(=O)C[C@H](c1ccc(O)cc1)[C@]1(O)C(=O)O[C@H](C(O)CO)[C@H]1O. The van der Waals surface area contributed by atoms with Gasteiger partial charge in [0.2, 0.25) is 0 Å². The van der Waals surface area contributed by atoms with Gasteiger partial charge in [-0.25, -0.2) is 4.79 Å². The Morgan fingerprint density at radius 2 is 1.96 bits per heavy atom. The molecule has 2 rings (SSSR count). The molecule has 5 atom stereocenters. The summed E-state index contributed by atoms with van der Waals surface area (Å²) in [5.41, 5.74) is -2.28. The monoisotopic (exact) mass is 356 g/mol. The summed E-state index contributed by atoms with van der Waals surface area (Å²) in [6.45, 7) is -0.800. The van der Waals surface area contributed by atoms with E-state index < -0.39 is 54.8 Å². The van der Waals surface area contributed by atoms with E-state index in [0.717, 1.165) is 7.11 Å². The molecule has 9 heteroatoms. The summed E-state index contributed by atoms with van der Waals surface area (Å²) in [6, 6.07) is 5.32. The zero-order valence-corrected chi connectivity index (χ0v) is 13.4. The summed E-state index contributed by atoms with van der Waals surface area (Å²) in [7, 11) is 1.13. The van der Waals surface area contributed by atoms with Crippen molar-refractivity contribution in [2.75, 3.05) is 13.7 Å². The van der Waals surface area contributed by atoms with Crippen LogP contribution in [-0.2, 0) is 19.1 Å². The predicted octanol–water partition coefficient (Wildman–Crippen LogP) is -1.59. The maximum atomic E-state index is 12.3. The molecule has 1 heterocycles. The van der Waals surface area contributed by atoms with Gasteiger partial charge >= 0.3 is 11.9 Å². The van der Waals surface area contributed by atoms with Crippen molar-refractivity contribution in [3.63, 3.8) is 0 Å². The lowest BCUT2D eigenvalue weighted by Gasteiger charge is -2.32. The van der Waals surface area contributed by atoms with Crippen LogP contribution in [0.3, 0.4) is 0 Å². The van der Waals surface area contributed by atoms with Crippen molar-refractivity contribution in [3.8, 4) is 5.75 Å². The van der Waals surface area contributed by atoms with E-state index in [2.05, 4.69) is 4.74 Å². The summed E-state index contributed by atoms with van der Waals surface area (Å²) in [5, 5.41) is 49.3. The number of carbonyl (C=O) groups is 2. The summed E-state index contributed by atoms with van der Waals surface area (Å²) in [6.07, 6.45) is -5.52. The lowest BCUT2D eigenvalue weighted by molar-refractivity contribution is -0.162. The number of aliphatic hydroxyl groups is 4. The van der Waals surface area contributed by atoms with E-state index in [-0.39, 0.29) is 11.3 Å². The van der Waals surface area contributed by atoms with Crippen LogP contribution in [0.4, 0.5) is 0 Å². The average Bonchev–Trinajstić information content (AvgIpc) is 2.84. The number of aliphatic hydroxyl groups excluding tert-OH is 3. The minimum Gasteiger partial charge on any atom is -0.508 e. The number of cyclic esters (lactones) is 1. The number of phenols is 1. The Morgan fingerprint density at radius 3 is 2.48 bits per heavy atom. The molecular formula is C16H20O9. The molecule has 1 aromatic rings. The Kier molecular flexibility index (Phi) is 5.63. The first kappa shape index (κ1) is 19.1. The summed E-state index contributed by atoms with van der Waals surface area (Å²) in [4.78, 5) is 24.0. The maximum absolute atomic E-state index is 12.3. The van der Waals surface area contributed by atoms with E-state index >= 15 is 0 Å². The molecule has 5 N–H and O–H groups in total. The van der Waals surface area contributed by atoms with Gasteiger partial charge in [0.05, 0.1) is 20.1 Å². The number of ether oxygens (including phenoxy) is 2. The largest absolute Gasteiger partial charge is 0.508 e. The fourth-order valence-electron chi connectivity index (χ4n) is 2.88. The van der Waals surface area contributed by atoms with Crippen molar-refractivity contribution in [2.45, 2.75) is 36.3 Å². The second kappa shape index (κ2) is 7.36. The summed E-state index contributed by atoms with van der Waals surface area (Å²) < 4.78 is 9.41. The minimum absolute atomic E-state index is 0.0734. The molecule has 0 bridgehead atoms. The van der Waals surface area contributed by atoms with Gasteiger partial charge in [0.25, 0.3) is 0 Å². The van der Waals surface area contributed by atoms with Crippen LogP contribution in [0, 0.1) is 0 Å². The molecule has 1 unspecified atom stereocenters. The highest BCUT2D eigenvalue weighted by Gasteiger charge is 2.62. The van der Waals surface area contributed by atoms with Crippen LogP contribution in [0.15, 0.2) is 24.3 Å². The van der Waals surface area contributed by atoms with Gasteiger partial charge in [-0.05, 0) is 17.7 Å². The predicted molar refractivity (Wildman–Crippen MR) is 81.4 cm³/mol. The Bertz CT molecular complexity index is 629. The topological polar surface area (TPSA) is 154 Å². The molecule has 1 saturated heterocycles. The van der Waals surface area contributed by atoms with Crippen LogP contribution in [0.25, 0.3) is 0 Å². The van der Waals surface area contributed by atoms with Gasteiger partial charge in [0, 0.05) is 5.92 Å². The van der Waals surface area contributed by atoms with Crippen LogP contribution in [0.2, 0.25) is 0 Å². The van der Waals surface area contributed by atoms with Crippen molar-refractivity contribution in [1.29, 1.82) is 0 Å². The van der Waals surface area contributed by atoms with Crippen LogP contribution in [0.5, 0.6) is 5.75 Å². The maximum Gasteiger partial charge on any atom is 0.342 e. The molecule has 1 aliphatic rings. The van der Waals surface area contributed by atoms with Crippen molar-refractivity contribution >= 4 is 11.9 Å². The van der Waals surface area contributed by atoms with E-state index in [9.17, 15) is 30.0 Å². The quantitative estimate of drug-likeness (QED) is 0.379. The lowest BCUT2D eigenvalue weighted by atomic mass is 9.76. The van der Waals surface area contributed by atoms with E-state index in [1.54, 1.807) is 0 Å². The zero-order chi connectivity index (χ0) is 18.8. The highest BCUT2D eigenvalue weighted by atomic mass is 16.6. The molecule has 0 aromatic heterocycles. The number of esters is 2. The van der Waals surface area contributed by atoms with Gasteiger partial charge in [0.1, 0.15) is 18.0 Å². The third-order valence-corrected chi connectivity index (χ3v) is 4.32. The molecule has 25 heavy (non-hydrogen) atoms. The molecule has 1 aliphatic heterocycles. The van der Waals surface area contributed by atoms with Gasteiger partial charge < -0.3 is 35.0 Å². The Hall–Kier alpha value is -2.20. The van der Waals surface area contributed by atoms with Gasteiger partial charge in [-0.15, -0.1) is 0 Å². The number of benzene rings is 1. The van der Waals surface area contributed by atoms with Crippen molar-refractivity contribution in [1.82, 2.24) is 0 Å². The second-order valence-corrected chi connectivity index (χ2v) is 5.81. The standard InChI is InChI=1S/C16H20O9/c1-24-12(20)6-10(8-2-4-9(18)5-3-8)16(23)14(21)13(11(19)7-17)25-15(16)22/h2-5,10-11,13-14,17-19,21,23H,6-7H2,1H3/t10-,11?,13-,14-,16-/m1/s1. The lowest BCUT2D eigenvalue weighted by Crippen LogP contribution is -2.53. The number of methoxy groups -OCH3 is 1. The Morgan fingerprint density at radius 1 is 1.36 bits per heavy atom. The van der Waals surface area contributed by atoms with Gasteiger partial charge in [-0.2, -0.15) is 0 Å². The van der Waals surface area contributed by atoms with Crippen LogP contribution >= 0.6 is 0 Å². The van der Waals surface area contributed by atoms with E-state index in [4.69, 9.17) is 9.84 Å². The van der Waals surface area contributed by atoms with Crippen molar-refractivity contribution in [2.24, 2.45) is 0 Å². The van der Waals surface area contributed by atoms with E-state index in [0.29, 0.717) is 0 Å². The molecular weight excluding hydrogens is 336 g/mol. The number of rotatable bonds is 6. The zero-order valence-electron chi connectivity index (χ0n) is 13.4. The molecule has 0 aliphatic carbocycles. The van der Waals surface area contributed by atoms with E-state index in [1.807, 2.05) is 0 Å². The first-order chi connectivity index (χ1) is 11.7. The summed E-state index contributed by atoms with van der Waals surface area (Å²) in [5.74, 6) is -3.33. The Balaban J connectivity index is 2.46. The number of hydrogen-bond donors (Lipinski definition) is 5. The van der Waals surface area contributed by atoms with Crippen molar-refractivity contribution in [3.05, 3.63) is 29.8 Å². The van der Waals surface area contributed by atoms with Crippen LogP contribution in [0.1, 0.15) is 17.9 Å². The molecule has 1 aromatic carbocycles. The normalized spacial score (nSPS) is 28.3. The number of aromatic hydroxyl groups is 1. The first-order valence-electron chi connectivity index (χ1n) is 7.51. The molecule has 9 nitrogen and oxygen atoms in total. The van der Waals surface area contributed by atoms with Gasteiger partial charge in [-0.3, -0.25) is 4.79 Å². The number of phenolic OH excluding ortho intramolecular Hbond substituents is 1. The third kappa shape index (κ3) is 3.45.